The van der Waals surface area contributed by atoms with Crippen LogP contribution < -0.4 is 5.32 Å². The van der Waals surface area contributed by atoms with E-state index in [0.717, 1.165) is 0 Å². The van der Waals surface area contributed by atoms with E-state index in [1.54, 1.807) is 13.1 Å². The fourth-order valence-corrected chi connectivity index (χ4v) is 1.54. The number of pyridine rings is 1. The number of aromatic nitrogens is 1. The van der Waals surface area contributed by atoms with Crippen LogP contribution >= 0.6 is 0 Å². The number of aromatic hydroxyl groups is 1. The van der Waals surface area contributed by atoms with Gasteiger partial charge in [0.1, 0.15) is 5.75 Å². The Kier molecular flexibility index (Phi) is 4.95. The first-order valence-corrected chi connectivity index (χ1v) is 5.54. The fourth-order valence-electron chi connectivity index (χ4n) is 1.54. The lowest BCUT2D eigenvalue weighted by Gasteiger charge is -2.15. The maximum atomic E-state index is 9.90. The summed E-state index contributed by atoms with van der Waals surface area (Å²) in [4.78, 5) is 4.00. The van der Waals surface area contributed by atoms with E-state index in [-0.39, 0.29) is 18.4 Å². The number of nitrogens with one attached hydrogen (secondary N) is 1. The molecule has 1 aromatic heterocycles. The Morgan fingerprint density at radius 2 is 2.29 bits per heavy atom. The van der Waals surface area contributed by atoms with Gasteiger partial charge >= 0.3 is 0 Å². The third-order valence-corrected chi connectivity index (χ3v) is 2.65. The molecule has 1 unspecified atom stereocenters. The summed E-state index contributed by atoms with van der Waals surface area (Å²) in [5.74, 6) is 2.71. The Hall–Kier alpha value is -1.57. The monoisotopic (exact) mass is 234 g/mol. The van der Waals surface area contributed by atoms with Gasteiger partial charge in [-0.2, -0.15) is 0 Å². The van der Waals surface area contributed by atoms with E-state index < -0.39 is 0 Å². The number of terminal acetylenes is 1. The molecular weight excluding hydrogens is 216 g/mol. The van der Waals surface area contributed by atoms with Gasteiger partial charge in [-0.3, -0.25) is 4.98 Å². The van der Waals surface area contributed by atoms with Crippen LogP contribution in [-0.4, -0.2) is 21.2 Å². The number of aliphatic hydroxyl groups excluding tert-OH is 1. The third kappa shape index (κ3) is 3.45. The maximum absolute atomic E-state index is 9.90. The Labute approximate surface area is 102 Å². The topological polar surface area (TPSA) is 65.4 Å². The molecule has 4 nitrogen and oxygen atoms in total. The Morgan fingerprint density at radius 3 is 2.88 bits per heavy atom. The van der Waals surface area contributed by atoms with Crippen molar-refractivity contribution in [1.29, 1.82) is 0 Å². The van der Waals surface area contributed by atoms with Crippen molar-refractivity contribution in [2.75, 3.05) is 0 Å². The molecule has 0 aromatic carbocycles. The summed E-state index contributed by atoms with van der Waals surface area (Å²) in [5.41, 5.74) is 1.88. The third-order valence-electron chi connectivity index (χ3n) is 2.65. The summed E-state index contributed by atoms with van der Waals surface area (Å²) in [6.45, 7) is 4.03. The first kappa shape index (κ1) is 13.5. The summed E-state index contributed by atoms with van der Waals surface area (Å²) in [5, 5.41) is 22.3. The number of aliphatic hydroxyl groups is 1. The van der Waals surface area contributed by atoms with Crippen LogP contribution in [0.1, 0.15) is 30.2 Å². The highest BCUT2D eigenvalue weighted by Crippen LogP contribution is 2.23. The largest absolute Gasteiger partial charge is 0.506 e. The van der Waals surface area contributed by atoms with Gasteiger partial charge in [0, 0.05) is 36.3 Å². The molecule has 1 aromatic rings. The van der Waals surface area contributed by atoms with E-state index in [9.17, 15) is 10.2 Å². The molecule has 0 aliphatic rings. The van der Waals surface area contributed by atoms with E-state index in [0.29, 0.717) is 29.8 Å². The predicted octanol–water partition coefficient (Wildman–Crippen LogP) is 1.09. The van der Waals surface area contributed by atoms with E-state index in [2.05, 4.69) is 16.2 Å². The van der Waals surface area contributed by atoms with Gasteiger partial charge in [-0.05, 0) is 13.8 Å². The van der Waals surface area contributed by atoms with Crippen LogP contribution in [0.5, 0.6) is 5.75 Å². The molecule has 1 heterocycles. The zero-order valence-electron chi connectivity index (χ0n) is 10.2. The van der Waals surface area contributed by atoms with Crippen LogP contribution in [0.3, 0.4) is 0 Å². The van der Waals surface area contributed by atoms with Crippen molar-refractivity contribution >= 4 is 0 Å². The Balaban J connectivity index is 2.82. The summed E-state index contributed by atoms with van der Waals surface area (Å²) in [7, 11) is 0. The SMILES string of the molecule is C#CCC(C)NCc1c(CO)cnc(C)c1O. The van der Waals surface area contributed by atoms with Gasteiger partial charge in [0.25, 0.3) is 0 Å². The van der Waals surface area contributed by atoms with Gasteiger partial charge in [-0.1, -0.05) is 0 Å². The van der Waals surface area contributed by atoms with Crippen molar-refractivity contribution in [1.82, 2.24) is 10.3 Å². The quantitative estimate of drug-likeness (QED) is 0.667. The van der Waals surface area contributed by atoms with Gasteiger partial charge < -0.3 is 15.5 Å². The molecule has 0 saturated carbocycles. The minimum Gasteiger partial charge on any atom is -0.506 e. The van der Waals surface area contributed by atoms with Crippen molar-refractivity contribution < 1.29 is 10.2 Å². The maximum Gasteiger partial charge on any atom is 0.141 e. The highest BCUT2D eigenvalue weighted by molar-refractivity contribution is 5.40. The average Bonchev–Trinajstić information content (AvgIpc) is 2.31. The molecule has 0 fully saturated rings. The van der Waals surface area contributed by atoms with Crippen molar-refractivity contribution in [3.05, 3.63) is 23.0 Å². The van der Waals surface area contributed by atoms with E-state index >= 15 is 0 Å². The Morgan fingerprint density at radius 1 is 1.59 bits per heavy atom. The molecule has 3 N–H and O–H groups in total. The highest BCUT2D eigenvalue weighted by Gasteiger charge is 2.11. The number of hydrogen-bond donors (Lipinski definition) is 3. The van der Waals surface area contributed by atoms with E-state index in [4.69, 9.17) is 6.42 Å². The van der Waals surface area contributed by atoms with Crippen molar-refractivity contribution in [2.24, 2.45) is 0 Å². The molecule has 4 heteroatoms. The molecule has 17 heavy (non-hydrogen) atoms. The number of rotatable bonds is 5. The normalized spacial score (nSPS) is 12.1. The minimum absolute atomic E-state index is 0.136. The molecule has 0 amide bonds. The van der Waals surface area contributed by atoms with Crippen LogP contribution in [-0.2, 0) is 13.2 Å². The highest BCUT2D eigenvalue weighted by atomic mass is 16.3. The number of hydrogen-bond acceptors (Lipinski definition) is 4. The van der Waals surface area contributed by atoms with Crippen LogP contribution in [0.15, 0.2) is 6.20 Å². The molecule has 92 valence electrons. The van der Waals surface area contributed by atoms with Gasteiger partial charge in [0.05, 0.1) is 12.3 Å². The molecule has 0 aliphatic heterocycles. The molecular formula is C13H18N2O2. The van der Waals surface area contributed by atoms with Gasteiger partial charge in [-0.15, -0.1) is 12.3 Å². The van der Waals surface area contributed by atoms with E-state index in [1.165, 1.54) is 0 Å². The molecule has 0 spiro atoms. The van der Waals surface area contributed by atoms with Crippen LogP contribution in [0.2, 0.25) is 0 Å². The summed E-state index contributed by atoms with van der Waals surface area (Å²) < 4.78 is 0. The standard InChI is InChI=1S/C13H18N2O2/c1-4-5-9(2)14-7-12-11(8-16)6-15-10(3)13(12)17/h1,6,9,14,16-17H,5,7-8H2,2-3H3. The smallest absolute Gasteiger partial charge is 0.141 e. The van der Waals surface area contributed by atoms with Crippen LogP contribution in [0, 0.1) is 19.3 Å². The lowest BCUT2D eigenvalue weighted by molar-refractivity contribution is 0.278. The molecule has 0 saturated heterocycles. The van der Waals surface area contributed by atoms with Crippen LogP contribution in [0.4, 0.5) is 0 Å². The zero-order valence-corrected chi connectivity index (χ0v) is 10.2. The van der Waals surface area contributed by atoms with Crippen molar-refractivity contribution in [3.63, 3.8) is 0 Å². The summed E-state index contributed by atoms with van der Waals surface area (Å²) >= 11 is 0. The van der Waals surface area contributed by atoms with Crippen molar-refractivity contribution in [2.45, 2.75) is 39.5 Å². The second kappa shape index (κ2) is 6.24. The van der Waals surface area contributed by atoms with Crippen molar-refractivity contribution in [3.8, 4) is 18.1 Å². The average molecular weight is 234 g/mol. The van der Waals surface area contributed by atoms with Gasteiger partial charge in [0.15, 0.2) is 0 Å². The molecule has 0 aliphatic carbocycles. The van der Waals surface area contributed by atoms with Gasteiger partial charge in [0.2, 0.25) is 0 Å². The van der Waals surface area contributed by atoms with Crippen LogP contribution in [0.25, 0.3) is 0 Å². The van der Waals surface area contributed by atoms with E-state index in [1.807, 2.05) is 6.92 Å². The van der Waals surface area contributed by atoms with Gasteiger partial charge in [-0.25, -0.2) is 0 Å². The molecule has 1 rings (SSSR count). The number of aryl methyl sites for hydroxylation is 1. The first-order chi connectivity index (χ1) is 8.10. The molecule has 0 radical (unpaired) electrons. The minimum atomic E-state index is -0.138. The molecule has 1 atom stereocenters. The summed E-state index contributed by atoms with van der Waals surface area (Å²) in [6.07, 6.45) is 7.42. The lowest BCUT2D eigenvalue weighted by atomic mass is 10.1. The fraction of sp³-hybridized carbons (Fsp3) is 0.462. The number of nitrogens with zero attached hydrogens (tertiary/aromatic N) is 1. The summed E-state index contributed by atoms with van der Waals surface area (Å²) in [6, 6.07) is 0.166. The molecule has 0 bridgehead atoms. The zero-order chi connectivity index (χ0) is 12.8. The second-order valence-electron chi connectivity index (χ2n) is 4.04. The predicted molar refractivity (Wildman–Crippen MR) is 66.3 cm³/mol. The second-order valence-corrected chi connectivity index (χ2v) is 4.04. The lowest BCUT2D eigenvalue weighted by Crippen LogP contribution is -2.25. The Bertz CT molecular complexity index is 424. The first-order valence-electron chi connectivity index (χ1n) is 5.54.